The Kier molecular flexibility index (Phi) is 8.75. The van der Waals surface area contributed by atoms with E-state index in [-0.39, 0.29) is 29.9 Å². The molecule has 1 aromatic carbocycles. The van der Waals surface area contributed by atoms with Crippen molar-refractivity contribution in [1.82, 2.24) is 5.32 Å². The van der Waals surface area contributed by atoms with Crippen molar-refractivity contribution < 1.29 is 9.53 Å². The number of benzene rings is 1. The molecule has 0 unspecified atom stereocenters. The average Bonchev–Trinajstić information content (AvgIpc) is 2.41. The molecule has 1 amide bonds. The molecule has 4 N–H and O–H groups in total. The number of aliphatic imine (C=N–C) groups is 1. The van der Waals surface area contributed by atoms with Gasteiger partial charge in [0.2, 0.25) is 5.91 Å². The quantitative estimate of drug-likeness (QED) is 0.267. The third kappa shape index (κ3) is 7.54. The molecule has 0 radical (unpaired) electrons. The molecule has 2 rings (SSSR count). The van der Waals surface area contributed by atoms with Gasteiger partial charge in [-0.25, -0.2) is 0 Å². The largest absolute Gasteiger partial charge is 0.492 e. The van der Waals surface area contributed by atoms with Gasteiger partial charge >= 0.3 is 0 Å². The van der Waals surface area contributed by atoms with E-state index >= 15 is 0 Å². The van der Waals surface area contributed by atoms with Gasteiger partial charge in [0, 0.05) is 25.2 Å². The molecule has 23 heavy (non-hydrogen) atoms. The highest BCUT2D eigenvalue weighted by Gasteiger charge is 2.16. The molecule has 0 heterocycles. The van der Waals surface area contributed by atoms with Crippen molar-refractivity contribution in [1.29, 1.82) is 0 Å². The number of nitrogens with zero attached hydrogens (tertiary/aromatic N) is 1. The van der Waals surface area contributed by atoms with E-state index in [9.17, 15) is 4.79 Å². The Morgan fingerprint density at radius 3 is 2.87 bits per heavy atom. The SMILES string of the molecule is CC(=O)Nc1cccc(OCCNC(N)=NCC2CCC2)c1.I. The molecule has 6 nitrogen and oxygen atoms in total. The van der Waals surface area contributed by atoms with Gasteiger partial charge in [-0.2, -0.15) is 0 Å². The van der Waals surface area contributed by atoms with Crippen LogP contribution in [0.2, 0.25) is 0 Å². The molecular formula is C16H25IN4O2. The van der Waals surface area contributed by atoms with Gasteiger partial charge < -0.3 is 21.1 Å². The van der Waals surface area contributed by atoms with E-state index in [0.29, 0.717) is 30.8 Å². The van der Waals surface area contributed by atoms with Crippen molar-refractivity contribution in [2.75, 3.05) is 25.0 Å². The van der Waals surface area contributed by atoms with Crippen LogP contribution in [-0.2, 0) is 4.79 Å². The summed E-state index contributed by atoms with van der Waals surface area (Å²) < 4.78 is 5.61. The summed E-state index contributed by atoms with van der Waals surface area (Å²) >= 11 is 0. The number of halogens is 1. The topological polar surface area (TPSA) is 88.7 Å². The molecule has 0 aliphatic heterocycles. The summed E-state index contributed by atoms with van der Waals surface area (Å²) in [6, 6.07) is 7.29. The zero-order valence-electron chi connectivity index (χ0n) is 13.4. The van der Waals surface area contributed by atoms with E-state index in [1.54, 1.807) is 6.07 Å². The lowest BCUT2D eigenvalue weighted by Crippen LogP contribution is -2.35. The van der Waals surface area contributed by atoms with E-state index in [1.165, 1.54) is 26.2 Å². The lowest BCUT2D eigenvalue weighted by Gasteiger charge is -2.23. The number of hydrogen-bond donors (Lipinski definition) is 3. The van der Waals surface area contributed by atoms with Gasteiger partial charge in [-0.1, -0.05) is 12.5 Å². The first-order valence-corrected chi connectivity index (χ1v) is 7.68. The lowest BCUT2D eigenvalue weighted by atomic mass is 9.86. The smallest absolute Gasteiger partial charge is 0.221 e. The fraction of sp³-hybridized carbons (Fsp3) is 0.500. The highest BCUT2D eigenvalue weighted by atomic mass is 127. The molecule has 7 heteroatoms. The summed E-state index contributed by atoms with van der Waals surface area (Å²) in [6.45, 7) is 3.36. The first kappa shape index (κ1) is 19.5. The second-order valence-electron chi connectivity index (χ2n) is 5.51. The summed E-state index contributed by atoms with van der Waals surface area (Å²) in [5, 5.41) is 5.75. The van der Waals surface area contributed by atoms with Crippen LogP contribution in [0.4, 0.5) is 5.69 Å². The molecule has 0 saturated heterocycles. The van der Waals surface area contributed by atoms with E-state index < -0.39 is 0 Å². The van der Waals surface area contributed by atoms with Crippen molar-refractivity contribution in [2.45, 2.75) is 26.2 Å². The predicted molar refractivity (Wildman–Crippen MR) is 103 cm³/mol. The molecule has 0 bridgehead atoms. The number of anilines is 1. The molecule has 1 aromatic rings. The Morgan fingerprint density at radius 1 is 1.43 bits per heavy atom. The Balaban J connectivity index is 0.00000264. The van der Waals surface area contributed by atoms with Crippen LogP contribution in [0, 0.1) is 5.92 Å². The van der Waals surface area contributed by atoms with Crippen LogP contribution in [0.15, 0.2) is 29.3 Å². The molecular weight excluding hydrogens is 407 g/mol. The molecule has 128 valence electrons. The maximum Gasteiger partial charge on any atom is 0.221 e. The summed E-state index contributed by atoms with van der Waals surface area (Å²) in [5.41, 5.74) is 6.52. The number of carbonyl (C=O) groups excluding carboxylic acids is 1. The van der Waals surface area contributed by atoms with Crippen molar-refractivity contribution in [3.05, 3.63) is 24.3 Å². The number of guanidine groups is 1. The number of amides is 1. The van der Waals surface area contributed by atoms with Crippen LogP contribution in [0.5, 0.6) is 5.75 Å². The Hall–Kier alpha value is -1.51. The highest BCUT2D eigenvalue weighted by Crippen LogP contribution is 2.26. The number of nitrogens with one attached hydrogen (secondary N) is 2. The van der Waals surface area contributed by atoms with E-state index in [0.717, 1.165) is 12.2 Å². The standard InChI is InChI=1S/C16H24N4O2.HI/c1-12(21)20-14-6-3-7-15(10-14)22-9-8-18-16(17)19-11-13-4-2-5-13;/h3,6-7,10,13H,2,4-5,8-9,11H2,1H3,(H,20,21)(H3,17,18,19);1H. The third-order valence-electron chi connectivity index (χ3n) is 3.58. The zero-order valence-corrected chi connectivity index (χ0v) is 15.7. The molecule has 1 saturated carbocycles. The molecule has 0 aromatic heterocycles. The van der Waals surface area contributed by atoms with Gasteiger partial charge in [-0.15, -0.1) is 24.0 Å². The van der Waals surface area contributed by atoms with Crippen LogP contribution in [0.3, 0.4) is 0 Å². The number of carbonyl (C=O) groups is 1. The number of hydrogen-bond acceptors (Lipinski definition) is 3. The number of ether oxygens (including phenoxy) is 1. The molecule has 1 aliphatic carbocycles. The second-order valence-corrected chi connectivity index (χ2v) is 5.51. The Morgan fingerprint density at radius 2 is 2.22 bits per heavy atom. The van der Waals surface area contributed by atoms with Crippen molar-refractivity contribution in [3.8, 4) is 5.75 Å². The van der Waals surface area contributed by atoms with Gasteiger partial charge in [-0.3, -0.25) is 9.79 Å². The summed E-state index contributed by atoms with van der Waals surface area (Å²) in [4.78, 5) is 15.3. The maximum absolute atomic E-state index is 11.0. The molecule has 1 aliphatic rings. The zero-order chi connectivity index (χ0) is 15.8. The summed E-state index contributed by atoms with van der Waals surface area (Å²) in [7, 11) is 0. The fourth-order valence-electron chi connectivity index (χ4n) is 2.17. The average molecular weight is 432 g/mol. The predicted octanol–water partition coefficient (Wildman–Crippen LogP) is 2.35. The van der Waals surface area contributed by atoms with Crippen LogP contribution in [0.1, 0.15) is 26.2 Å². The van der Waals surface area contributed by atoms with Gasteiger partial charge in [0.1, 0.15) is 12.4 Å². The van der Waals surface area contributed by atoms with Gasteiger partial charge in [0.25, 0.3) is 0 Å². The van der Waals surface area contributed by atoms with Crippen LogP contribution in [0.25, 0.3) is 0 Å². The first-order chi connectivity index (χ1) is 10.6. The molecule has 0 atom stereocenters. The third-order valence-corrected chi connectivity index (χ3v) is 3.58. The van der Waals surface area contributed by atoms with Crippen LogP contribution in [-0.4, -0.2) is 31.6 Å². The van der Waals surface area contributed by atoms with E-state index in [2.05, 4.69) is 15.6 Å². The monoisotopic (exact) mass is 432 g/mol. The second kappa shape index (κ2) is 10.3. The van der Waals surface area contributed by atoms with Crippen molar-refractivity contribution >= 4 is 41.5 Å². The molecule has 0 spiro atoms. The fourth-order valence-corrected chi connectivity index (χ4v) is 2.17. The first-order valence-electron chi connectivity index (χ1n) is 7.68. The van der Waals surface area contributed by atoms with Crippen molar-refractivity contribution in [3.63, 3.8) is 0 Å². The van der Waals surface area contributed by atoms with Crippen LogP contribution < -0.4 is 21.1 Å². The minimum absolute atomic E-state index is 0. The van der Waals surface area contributed by atoms with Crippen LogP contribution >= 0.6 is 24.0 Å². The normalized spacial score (nSPS) is 14.4. The summed E-state index contributed by atoms with van der Waals surface area (Å²) in [6.07, 6.45) is 3.86. The summed E-state index contributed by atoms with van der Waals surface area (Å²) in [5.74, 6) is 1.79. The Labute approximate surface area is 154 Å². The minimum atomic E-state index is -0.103. The highest BCUT2D eigenvalue weighted by molar-refractivity contribution is 14.0. The number of nitrogens with two attached hydrogens (primary N) is 1. The van der Waals surface area contributed by atoms with Gasteiger partial charge in [0.15, 0.2) is 5.96 Å². The minimum Gasteiger partial charge on any atom is -0.492 e. The van der Waals surface area contributed by atoms with E-state index in [1.807, 2.05) is 18.2 Å². The maximum atomic E-state index is 11.0. The van der Waals surface area contributed by atoms with Gasteiger partial charge in [0.05, 0.1) is 6.54 Å². The lowest BCUT2D eigenvalue weighted by molar-refractivity contribution is -0.114. The molecule has 1 fully saturated rings. The number of rotatable bonds is 7. The van der Waals surface area contributed by atoms with Crippen molar-refractivity contribution in [2.24, 2.45) is 16.6 Å². The van der Waals surface area contributed by atoms with E-state index in [4.69, 9.17) is 10.5 Å². The Bertz CT molecular complexity index is 533. The van der Waals surface area contributed by atoms with Gasteiger partial charge in [-0.05, 0) is 30.9 Å².